The summed E-state index contributed by atoms with van der Waals surface area (Å²) in [7, 11) is 0. The Morgan fingerprint density at radius 3 is 0.849 bits per heavy atom. The van der Waals surface area contributed by atoms with E-state index in [9.17, 15) is 9.59 Å². The van der Waals surface area contributed by atoms with Gasteiger partial charge in [-0.2, -0.15) is 0 Å². The molecule has 4 aromatic carbocycles. The fourth-order valence-corrected chi connectivity index (χ4v) is 7.37. The van der Waals surface area contributed by atoms with Crippen molar-refractivity contribution in [2.24, 2.45) is 10.8 Å². The van der Waals surface area contributed by atoms with Crippen LogP contribution >= 0.6 is 0 Å². The van der Waals surface area contributed by atoms with Crippen LogP contribution in [0, 0.1) is 10.8 Å². The van der Waals surface area contributed by atoms with E-state index >= 15 is 0 Å². The largest absolute Gasteiger partial charge is 0.457 e. The van der Waals surface area contributed by atoms with E-state index in [1.807, 2.05) is 146 Å². The Bertz CT molecular complexity index is 2090. The van der Waals surface area contributed by atoms with Gasteiger partial charge >= 0.3 is 0 Å². The molecule has 3 heteroatoms. The van der Waals surface area contributed by atoms with E-state index in [1.165, 1.54) is 0 Å². The van der Waals surface area contributed by atoms with Gasteiger partial charge in [0, 0.05) is 33.4 Å². The summed E-state index contributed by atoms with van der Waals surface area (Å²) in [6, 6.07) is 43.6. The Hall–Kier alpha value is -6.06. The third-order valence-corrected chi connectivity index (χ3v) is 9.69. The second-order valence-corrected chi connectivity index (χ2v) is 15.7. The second-order valence-electron chi connectivity index (χ2n) is 15.7. The molecule has 1 aromatic heterocycles. The van der Waals surface area contributed by atoms with Crippen LogP contribution in [0.3, 0.4) is 0 Å². The van der Waals surface area contributed by atoms with E-state index in [-0.39, 0.29) is 22.4 Å². The highest BCUT2D eigenvalue weighted by molar-refractivity contribution is 6.45. The van der Waals surface area contributed by atoms with Crippen molar-refractivity contribution < 1.29 is 14.0 Å². The summed E-state index contributed by atoms with van der Waals surface area (Å²) in [6.45, 7) is 13.1. The van der Waals surface area contributed by atoms with Gasteiger partial charge in [-0.15, -0.1) is 0 Å². The zero-order valence-corrected chi connectivity index (χ0v) is 31.2. The third-order valence-electron chi connectivity index (χ3n) is 9.69. The zero-order chi connectivity index (χ0) is 37.3. The number of carbonyl (C=O) groups excluding carboxylic acids is 2. The van der Waals surface area contributed by atoms with Crippen LogP contribution in [-0.2, 0) is 9.59 Å². The summed E-state index contributed by atoms with van der Waals surface area (Å²) >= 11 is 0. The first kappa shape index (κ1) is 35.3. The molecular weight excluding hydrogens is 649 g/mol. The first-order valence-electron chi connectivity index (χ1n) is 18.2. The van der Waals surface area contributed by atoms with E-state index in [0.717, 1.165) is 56.1 Å². The zero-order valence-electron chi connectivity index (χ0n) is 31.2. The van der Waals surface area contributed by atoms with Gasteiger partial charge in [-0.3, -0.25) is 9.59 Å². The molecule has 2 aliphatic carbocycles. The van der Waals surface area contributed by atoms with Crippen LogP contribution < -0.4 is 0 Å². The molecule has 5 aromatic rings. The normalized spacial score (nSPS) is 15.1. The molecule has 262 valence electrons. The number of hydrogen-bond acceptors (Lipinski definition) is 3. The lowest BCUT2D eigenvalue weighted by atomic mass is 9.77. The quantitative estimate of drug-likeness (QED) is 0.178. The van der Waals surface area contributed by atoms with Gasteiger partial charge in [0.25, 0.3) is 0 Å². The van der Waals surface area contributed by atoms with Gasteiger partial charge in [0.05, 0.1) is 0 Å². The molecule has 0 spiro atoms. The molecule has 0 atom stereocenters. The summed E-state index contributed by atoms with van der Waals surface area (Å²) in [5.74, 6) is 1.46. The summed E-state index contributed by atoms with van der Waals surface area (Å²) in [5, 5.41) is 0. The first-order valence-corrected chi connectivity index (χ1v) is 18.2. The minimum Gasteiger partial charge on any atom is -0.457 e. The van der Waals surface area contributed by atoms with Crippen molar-refractivity contribution in [1.82, 2.24) is 0 Å². The first-order chi connectivity index (χ1) is 25.4. The number of hydrogen-bond donors (Lipinski definition) is 0. The average Bonchev–Trinajstić information content (AvgIpc) is 3.61. The number of rotatable bonds is 6. The van der Waals surface area contributed by atoms with Gasteiger partial charge in [0.2, 0.25) is 0 Å². The lowest BCUT2D eigenvalue weighted by Crippen LogP contribution is -2.15. The minimum atomic E-state index is -0.353. The molecule has 53 heavy (non-hydrogen) atoms. The van der Waals surface area contributed by atoms with E-state index in [1.54, 1.807) is 0 Å². The Labute approximate surface area is 313 Å². The molecule has 7 rings (SSSR count). The number of Topliss-reactive ketones (excluding diaryl/α,β-unsaturated/α-hetero) is 2. The van der Waals surface area contributed by atoms with Gasteiger partial charge < -0.3 is 4.42 Å². The number of allylic oxidation sites excluding steroid dienone is 12. The average molecular weight is 693 g/mol. The van der Waals surface area contributed by atoms with Crippen LogP contribution in [0.25, 0.3) is 33.4 Å². The van der Waals surface area contributed by atoms with Crippen LogP contribution in [0.4, 0.5) is 0 Å². The van der Waals surface area contributed by atoms with Crippen molar-refractivity contribution >= 4 is 45.0 Å². The Kier molecular flexibility index (Phi) is 9.45. The molecule has 3 nitrogen and oxygen atoms in total. The molecule has 0 N–H and O–H groups in total. The van der Waals surface area contributed by atoms with Crippen molar-refractivity contribution in [3.63, 3.8) is 0 Å². The number of furan rings is 1. The molecule has 0 amide bonds. The molecule has 0 saturated carbocycles. The predicted octanol–water partition coefficient (Wildman–Crippen LogP) is 12.4. The fourth-order valence-electron chi connectivity index (χ4n) is 7.37. The van der Waals surface area contributed by atoms with Gasteiger partial charge in [0.1, 0.15) is 11.5 Å². The third kappa shape index (κ3) is 7.21. The molecule has 1 heterocycles. The van der Waals surface area contributed by atoms with E-state index < -0.39 is 0 Å². The Balaban J connectivity index is 1.46. The molecular formula is C50H44O3. The maximum Gasteiger partial charge on any atom is 0.194 e. The second kappa shape index (κ2) is 14.2. The minimum absolute atomic E-state index is 0.00634. The van der Waals surface area contributed by atoms with E-state index in [2.05, 4.69) is 53.7 Å². The van der Waals surface area contributed by atoms with Crippen molar-refractivity contribution in [1.29, 1.82) is 0 Å². The highest BCUT2D eigenvalue weighted by Crippen LogP contribution is 2.46. The molecule has 0 bridgehead atoms. The molecule has 0 saturated heterocycles. The van der Waals surface area contributed by atoms with Crippen molar-refractivity contribution in [2.45, 2.75) is 41.5 Å². The standard InChI is InChI=1S/C50H44O3/c1-49(2,3)45(37-29-39(33-19-11-7-12-20-33)47(51)40(30-37)34-21-13-8-14-22-34)43-27-28-44(53-43)46(50(4,5)6)38-31-41(35-23-15-9-16-24-35)48(52)42(32-38)36-25-17-10-18-26-36/h7-32H,1-6H3. The van der Waals surface area contributed by atoms with Gasteiger partial charge in [-0.1, -0.05) is 163 Å². The van der Waals surface area contributed by atoms with E-state index in [4.69, 9.17) is 4.42 Å². The maximum atomic E-state index is 14.1. The van der Waals surface area contributed by atoms with Crippen molar-refractivity contribution in [3.05, 3.63) is 203 Å². The maximum absolute atomic E-state index is 14.1. The summed E-state index contributed by atoms with van der Waals surface area (Å²) in [6.07, 6.45) is 8.08. The highest BCUT2D eigenvalue weighted by Gasteiger charge is 2.33. The van der Waals surface area contributed by atoms with Crippen molar-refractivity contribution in [2.75, 3.05) is 0 Å². The fraction of sp³-hybridized carbons (Fsp3) is 0.160. The topological polar surface area (TPSA) is 47.3 Å². The van der Waals surface area contributed by atoms with Gasteiger partial charge in [0.15, 0.2) is 11.6 Å². The molecule has 0 radical (unpaired) electrons. The summed E-state index contributed by atoms with van der Waals surface area (Å²) < 4.78 is 6.98. The van der Waals surface area contributed by atoms with Crippen LogP contribution in [0.1, 0.15) is 75.3 Å². The smallest absolute Gasteiger partial charge is 0.194 e. The Morgan fingerprint density at radius 1 is 0.377 bits per heavy atom. The lowest BCUT2D eigenvalue weighted by molar-refractivity contribution is -0.109. The van der Waals surface area contributed by atoms with Crippen molar-refractivity contribution in [3.8, 4) is 0 Å². The number of ketones is 2. The number of carbonyl (C=O) groups is 2. The van der Waals surface area contributed by atoms with Gasteiger partial charge in [-0.05, 0) is 80.7 Å². The summed E-state index contributed by atoms with van der Waals surface area (Å²) in [5.41, 5.74) is 9.25. The highest BCUT2D eigenvalue weighted by atomic mass is 16.3. The number of benzene rings is 4. The molecule has 0 aliphatic heterocycles. The SMILES string of the molecule is CC(C)(C)C(=C1C=C(c2ccccc2)C(=O)C(c2ccccc2)=C1)c1ccc(C(=C2C=C(c3ccccc3)C(=O)C(c3ccccc3)=C2)C(C)(C)C)o1. The summed E-state index contributed by atoms with van der Waals surface area (Å²) in [4.78, 5) is 28.2. The van der Waals surface area contributed by atoms with Crippen LogP contribution in [0.15, 0.2) is 173 Å². The monoisotopic (exact) mass is 692 g/mol. The van der Waals surface area contributed by atoms with E-state index in [0.29, 0.717) is 22.3 Å². The Morgan fingerprint density at radius 2 is 0.623 bits per heavy atom. The van der Waals surface area contributed by atoms with Crippen LogP contribution in [0.5, 0.6) is 0 Å². The molecule has 0 unspecified atom stereocenters. The molecule has 0 fully saturated rings. The van der Waals surface area contributed by atoms with Crippen LogP contribution in [0.2, 0.25) is 0 Å². The van der Waals surface area contributed by atoms with Gasteiger partial charge in [-0.25, -0.2) is 0 Å². The molecule has 2 aliphatic rings. The predicted molar refractivity (Wildman–Crippen MR) is 219 cm³/mol. The lowest BCUT2D eigenvalue weighted by Gasteiger charge is -2.27. The van der Waals surface area contributed by atoms with Crippen LogP contribution in [-0.4, -0.2) is 11.6 Å².